The SMILES string of the molecule is Cc1cc(N[C@@H]2CCCc3ccccc32)c2cccc(C(N)=O)c2n1. The minimum absolute atomic E-state index is 0.271. The molecule has 4 heteroatoms. The molecule has 1 aromatic heterocycles. The molecule has 0 unspecified atom stereocenters. The fourth-order valence-corrected chi connectivity index (χ4v) is 3.79. The summed E-state index contributed by atoms with van der Waals surface area (Å²) in [5.74, 6) is -0.447. The molecule has 1 aliphatic carbocycles. The Balaban J connectivity index is 1.81. The lowest BCUT2D eigenvalue weighted by Gasteiger charge is -2.28. The van der Waals surface area contributed by atoms with Gasteiger partial charge in [0.05, 0.1) is 17.1 Å². The van der Waals surface area contributed by atoms with Gasteiger partial charge in [0.1, 0.15) is 0 Å². The van der Waals surface area contributed by atoms with E-state index in [4.69, 9.17) is 5.73 Å². The minimum Gasteiger partial charge on any atom is -0.378 e. The molecule has 0 fully saturated rings. The summed E-state index contributed by atoms with van der Waals surface area (Å²) in [6.45, 7) is 1.94. The fourth-order valence-electron chi connectivity index (χ4n) is 3.79. The van der Waals surface area contributed by atoms with Gasteiger partial charge >= 0.3 is 0 Å². The van der Waals surface area contributed by atoms with Gasteiger partial charge in [-0.2, -0.15) is 0 Å². The Hall–Kier alpha value is -2.88. The number of aromatic nitrogens is 1. The van der Waals surface area contributed by atoms with Gasteiger partial charge in [-0.15, -0.1) is 0 Å². The molecule has 25 heavy (non-hydrogen) atoms. The lowest BCUT2D eigenvalue weighted by atomic mass is 9.87. The molecular formula is C21H21N3O. The third kappa shape index (κ3) is 2.84. The van der Waals surface area contributed by atoms with Gasteiger partial charge in [-0.25, -0.2) is 0 Å². The zero-order chi connectivity index (χ0) is 17.4. The maximum atomic E-state index is 11.8. The summed E-state index contributed by atoms with van der Waals surface area (Å²) in [6.07, 6.45) is 3.40. The second-order valence-corrected chi connectivity index (χ2v) is 6.67. The number of rotatable bonds is 3. The van der Waals surface area contributed by atoms with Crippen LogP contribution >= 0.6 is 0 Å². The number of primary amides is 1. The van der Waals surface area contributed by atoms with Crippen molar-refractivity contribution < 1.29 is 4.79 Å². The molecular weight excluding hydrogens is 310 g/mol. The summed E-state index contributed by atoms with van der Waals surface area (Å²) >= 11 is 0. The second kappa shape index (κ2) is 6.20. The highest BCUT2D eigenvalue weighted by molar-refractivity contribution is 6.07. The fraction of sp³-hybridized carbons (Fsp3) is 0.238. The first-order valence-electron chi connectivity index (χ1n) is 8.68. The number of para-hydroxylation sites is 1. The Morgan fingerprint density at radius 1 is 1.20 bits per heavy atom. The Labute approximate surface area is 147 Å². The number of hydrogen-bond acceptors (Lipinski definition) is 3. The molecule has 3 N–H and O–H groups in total. The van der Waals surface area contributed by atoms with E-state index < -0.39 is 5.91 Å². The molecule has 1 atom stereocenters. The van der Waals surface area contributed by atoms with Crippen LogP contribution in [0.1, 0.15) is 46.1 Å². The van der Waals surface area contributed by atoms with Crippen molar-refractivity contribution in [2.24, 2.45) is 5.73 Å². The number of nitrogens with one attached hydrogen (secondary N) is 1. The van der Waals surface area contributed by atoms with E-state index in [9.17, 15) is 4.79 Å². The van der Waals surface area contributed by atoms with Gasteiger partial charge in [0.25, 0.3) is 5.91 Å². The summed E-state index contributed by atoms with van der Waals surface area (Å²) in [6, 6.07) is 16.5. The quantitative estimate of drug-likeness (QED) is 0.758. The van der Waals surface area contributed by atoms with E-state index >= 15 is 0 Å². The van der Waals surface area contributed by atoms with Crippen LogP contribution in [0, 0.1) is 6.92 Å². The molecule has 0 radical (unpaired) electrons. The summed E-state index contributed by atoms with van der Waals surface area (Å²) in [5, 5.41) is 4.63. The molecule has 0 saturated carbocycles. The summed E-state index contributed by atoms with van der Waals surface area (Å²) in [7, 11) is 0. The van der Waals surface area contributed by atoms with Crippen LogP contribution in [0.15, 0.2) is 48.5 Å². The first-order valence-corrected chi connectivity index (χ1v) is 8.68. The van der Waals surface area contributed by atoms with Crippen molar-refractivity contribution in [2.75, 3.05) is 5.32 Å². The number of hydrogen-bond donors (Lipinski definition) is 2. The Morgan fingerprint density at radius 3 is 2.88 bits per heavy atom. The van der Waals surface area contributed by atoms with Crippen molar-refractivity contribution in [2.45, 2.75) is 32.2 Å². The number of fused-ring (bicyclic) bond motifs is 2. The van der Waals surface area contributed by atoms with Crippen LogP contribution in [0.5, 0.6) is 0 Å². The minimum atomic E-state index is -0.447. The Bertz CT molecular complexity index is 965. The molecule has 3 aromatic rings. The highest BCUT2D eigenvalue weighted by atomic mass is 16.1. The topological polar surface area (TPSA) is 68.0 Å². The van der Waals surface area contributed by atoms with Crippen molar-refractivity contribution in [3.63, 3.8) is 0 Å². The van der Waals surface area contributed by atoms with Crippen LogP contribution in [0.2, 0.25) is 0 Å². The highest BCUT2D eigenvalue weighted by Crippen LogP contribution is 2.35. The van der Waals surface area contributed by atoms with Crippen LogP contribution in [0.3, 0.4) is 0 Å². The largest absolute Gasteiger partial charge is 0.378 e. The predicted octanol–water partition coefficient (Wildman–Crippen LogP) is 4.13. The van der Waals surface area contributed by atoms with Gasteiger partial charge in [-0.05, 0) is 49.4 Å². The molecule has 0 saturated heterocycles. The van der Waals surface area contributed by atoms with Gasteiger partial charge in [0, 0.05) is 16.8 Å². The normalized spacial score (nSPS) is 16.4. The predicted molar refractivity (Wildman–Crippen MR) is 101 cm³/mol. The van der Waals surface area contributed by atoms with Gasteiger partial charge < -0.3 is 11.1 Å². The van der Waals surface area contributed by atoms with Gasteiger partial charge in [-0.3, -0.25) is 9.78 Å². The Morgan fingerprint density at radius 2 is 2.04 bits per heavy atom. The third-order valence-electron chi connectivity index (χ3n) is 4.93. The van der Waals surface area contributed by atoms with E-state index in [2.05, 4.69) is 34.6 Å². The molecule has 0 aliphatic heterocycles. The number of amides is 1. The van der Waals surface area contributed by atoms with Gasteiger partial charge in [-0.1, -0.05) is 36.4 Å². The number of carbonyl (C=O) groups excluding carboxylic acids is 1. The zero-order valence-electron chi connectivity index (χ0n) is 14.3. The van der Waals surface area contributed by atoms with E-state index in [-0.39, 0.29) is 6.04 Å². The van der Waals surface area contributed by atoms with E-state index in [1.165, 1.54) is 17.5 Å². The Kier molecular flexibility index (Phi) is 3.88. The molecule has 0 bridgehead atoms. The smallest absolute Gasteiger partial charge is 0.250 e. The molecule has 1 amide bonds. The number of benzene rings is 2. The van der Waals surface area contributed by atoms with Crippen LogP contribution in [-0.2, 0) is 6.42 Å². The maximum absolute atomic E-state index is 11.8. The van der Waals surface area contributed by atoms with Crippen molar-refractivity contribution in [3.05, 3.63) is 70.9 Å². The summed E-state index contributed by atoms with van der Waals surface area (Å²) in [4.78, 5) is 16.3. The van der Waals surface area contributed by atoms with E-state index in [0.717, 1.165) is 29.6 Å². The first-order chi connectivity index (χ1) is 12.1. The average molecular weight is 331 g/mol. The number of carbonyl (C=O) groups is 1. The monoisotopic (exact) mass is 331 g/mol. The standard InChI is InChI=1S/C21H21N3O/c1-13-12-19(16-9-5-10-17(21(22)25)20(16)23-13)24-18-11-4-7-14-6-2-3-8-15(14)18/h2-3,5-6,8-10,12,18H,4,7,11H2,1H3,(H2,22,25)(H,23,24)/t18-/m1/s1. The summed E-state index contributed by atoms with van der Waals surface area (Å²) < 4.78 is 0. The van der Waals surface area contributed by atoms with Crippen LogP contribution < -0.4 is 11.1 Å². The molecule has 4 nitrogen and oxygen atoms in total. The lowest BCUT2D eigenvalue weighted by molar-refractivity contribution is 0.100. The third-order valence-corrected chi connectivity index (χ3v) is 4.93. The number of nitrogens with two attached hydrogens (primary N) is 1. The summed E-state index contributed by atoms with van der Waals surface area (Å²) in [5.41, 5.74) is 11.3. The van der Waals surface area contributed by atoms with E-state index in [1.54, 1.807) is 6.07 Å². The van der Waals surface area contributed by atoms with Crippen molar-refractivity contribution in [1.82, 2.24) is 4.98 Å². The second-order valence-electron chi connectivity index (χ2n) is 6.67. The number of nitrogens with zero attached hydrogens (tertiary/aromatic N) is 1. The van der Waals surface area contributed by atoms with Crippen LogP contribution in [0.25, 0.3) is 10.9 Å². The molecule has 126 valence electrons. The van der Waals surface area contributed by atoms with Crippen molar-refractivity contribution >= 4 is 22.5 Å². The molecule has 1 aliphatic rings. The molecule has 4 rings (SSSR count). The van der Waals surface area contributed by atoms with Gasteiger partial charge in [0.15, 0.2) is 0 Å². The molecule has 2 aromatic carbocycles. The van der Waals surface area contributed by atoms with E-state index in [1.807, 2.05) is 25.1 Å². The van der Waals surface area contributed by atoms with Crippen LogP contribution in [0.4, 0.5) is 5.69 Å². The lowest BCUT2D eigenvalue weighted by Crippen LogP contribution is -2.18. The molecule has 1 heterocycles. The van der Waals surface area contributed by atoms with Crippen molar-refractivity contribution in [3.8, 4) is 0 Å². The highest BCUT2D eigenvalue weighted by Gasteiger charge is 2.21. The maximum Gasteiger partial charge on any atom is 0.250 e. The number of anilines is 1. The number of pyridine rings is 1. The van der Waals surface area contributed by atoms with Crippen molar-refractivity contribution in [1.29, 1.82) is 0 Å². The average Bonchev–Trinajstić information content (AvgIpc) is 2.61. The molecule has 0 spiro atoms. The van der Waals surface area contributed by atoms with Gasteiger partial charge in [0.2, 0.25) is 0 Å². The first kappa shape index (κ1) is 15.6. The van der Waals surface area contributed by atoms with E-state index in [0.29, 0.717) is 11.1 Å². The number of aryl methyl sites for hydroxylation is 2. The zero-order valence-corrected chi connectivity index (χ0v) is 14.3. The van der Waals surface area contributed by atoms with Crippen LogP contribution in [-0.4, -0.2) is 10.9 Å².